The number of methoxy groups -OCH3 is 2. The number of hydrogen-bond acceptors (Lipinski definition) is 15. The van der Waals surface area contributed by atoms with E-state index < -0.39 is 35.7 Å². The molecule has 3 aliphatic heterocycles. The second-order valence-corrected chi connectivity index (χ2v) is 28.0. The average molecular weight is 1380 g/mol. The first kappa shape index (κ1) is 81.5. The molecule has 4 N–H and O–H groups in total. The number of ether oxygens (including phenoxy) is 8. The molecule has 3 aromatic rings. The lowest BCUT2D eigenvalue weighted by Crippen LogP contribution is -2.47. The molecule has 4 amide bonds. The lowest BCUT2D eigenvalue weighted by atomic mass is 9.78. The number of hydrogen-bond donors (Lipinski definition) is 4. The molecule has 13 atom stereocenters. The Labute approximate surface area is 590 Å². The van der Waals surface area contributed by atoms with Crippen LogP contribution in [-0.4, -0.2) is 148 Å². The molecule has 10 unspecified atom stereocenters. The monoisotopic (exact) mass is 1380 g/mol. The van der Waals surface area contributed by atoms with Crippen molar-refractivity contribution in [1.82, 2.24) is 20.9 Å². The van der Waals surface area contributed by atoms with E-state index in [1.165, 1.54) is 0 Å². The molecule has 99 heavy (non-hydrogen) atoms. The number of carbonyl (C=O) groups excluding carboxylic acids is 6. The number of rotatable bonds is 46. The van der Waals surface area contributed by atoms with Crippen molar-refractivity contribution in [3.63, 3.8) is 0 Å². The predicted octanol–water partition coefficient (Wildman–Crippen LogP) is 13.2. The van der Waals surface area contributed by atoms with E-state index in [0.717, 1.165) is 55.2 Å². The van der Waals surface area contributed by atoms with Crippen LogP contribution in [0.5, 0.6) is 11.5 Å². The molecule has 3 saturated heterocycles. The number of benzene rings is 3. The summed E-state index contributed by atoms with van der Waals surface area (Å²) in [4.78, 5) is 93.0. The lowest BCUT2D eigenvalue weighted by molar-refractivity contribution is -0.248. The third-order valence-corrected chi connectivity index (χ3v) is 21.1. The minimum atomic E-state index is -1.16. The number of amides is 4. The van der Waals surface area contributed by atoms with Crippen molar-refractivity contribution in [2.24, 2.45) is 35.5 Å². The predicted molar refractivity (Wildman–Crippen MR) is 381 cm³/mol. The Balaban J connectivity index is 0.920. The van der Waals surface area contributed by atoms with Crippen molar-refractivity contribution in [2.75, 3.05) is 53.7 Å². The number of nitrogens with zero attached hydrogens (tertiary/aromatic N) is 1. The Morgan fingerprint density at radius 3 is 1.58 bits per heavy atom. The highest BCUT2D eigenvalue weighted by molar-refractivity contribution is 5.87. The van der Waals surface area contributed by atoms with E-state index >= 15 is 0 Å². The average Bonchev–Trinajstić information content (AvgIpc) is 1.31. The van der Waals surface area contributed by atoms with Gasteiger partial charge in [-0.25, -0.2) is 0 Å². The highest BCUT2D eigenvalue weighted by atomic mass is 16.7. The van der Waals surface area contributed by atoms with Crippen LogP contribution < -0.4 is 25.4 Å². The van der Waals surface area contributed by atoms with E-state index in [4.69, 9.17) is 37.9 Å². The highest BCUT2D eigenvalue weighted by Crippen LogP contribution is 2.43. The first-order valence-corrected chi connectivity index (χ1v) is 37.3. The summed E-state index contributed by atoms with van der Waals surface area (Å²) in [7, 11) is 3.22. The van der Waals surface area contributed by atoms with Gasteiger partial charge in [-0.3, -0.25) is 33.6 Å². The van der Waals surface area contributed by atoms with E-state index in [1.54, 1.807) is 19.1 Å². The van der Waals surface area contributed by atoms with Crippen molar-refractivity contribution < 1.29 is 76.6 Å². The van der Waals surface area contributed by atoms with Gasteiger partial charge in [0, 0.05) is 76.7 Å². The van der Waals surface area contributed by atoms with E-state index in [9.17, 15) is 38.7 Å². The fourth-order valence-electron chi connectivity index (χ4n) is 14.1. The van der Waals surface area contributed by atoms with Crippen LogP contribution in [0, 0.1) is 35.5 Å². The molecule has 0 saturated carbocycles. The van der Waals surface area contributed by atoms with Gasteiger partial charge in [-0.2, -0.15) is 0 Å². The standard InChI is InChI=1S/C79H120N4O16/c1-11-69-56(5)54(3)58(7)77(98-69)94-49-27-23-34-71(85)80-47-26-22-33-68(82-72(86)35-24-28-50-95-78-59(8)55(4)57(6)70(12-2)99-78)76(91)81-48-25-16-20-32-64(84)31-19-13-14-21-36-73(87)83-52-67(97-75(90)46-45-74(88)89)51-63(83)53-96-79(60-29-17-15-18-30-60,61-37-41-65(92-9)42-38-61)62-39-43-66(93-10)44-40-62/h15,17-18,29-30,37-44,54-59,63,67-70,77-78H,11-14,16,19-28,31-36,45-53H2,1-10H3,(H,80,85)(H,81,91)(H,82,86)(H,88,89)/t54?,55?,56?,57?,58?,59?,63-,67+,68-,69?,70?,77?,78?/m0/s1. The van der Waals surface area contributed by atoms with Crippen molar-refractivity contribution in [1.29, 1.82) is 0 Å². The zero-order valence-corrected chi connectivity index (χ0v) is 61.2. The molecule has 20 nitrogen and oxygen atoms in total. The number of Topliss-reactive ketones (excluding diaryl/α,β-unsaturated/α-hetero) is 1. The van der Waals surface area contributed by atoms with E-state index in [1.807, 2.05) is 78.9 Å². The van der Waals surface area contributed by atoms with Gasteiger partial charge in [-0.15, -0.1) is 0 Å². The first-order valence-electron chi connectivity index (χ1n) is 37.3. The summed E-state index contributed by atoms with van der Waals surface area (Å²) >= 11 is 0. The molecular formula is C79H120N4O16. The Hall–Kier alpha value is -6.45. The molecule has 0 bridgehead atoms. The summed E-state index contributed by atoms with van der Waals surface area (Å²) in [5.41, 5.74) is 1.33. The Bertz CT molecular complexity index is 2840. The molecule has 0 aliphatic carbocycles. The summed E-state index contributed by atoms with van der Waals surface area (Å²) in [6.07, 6.45) is 11.9. The fourth-order valence-corrected chi connectivity index (χ4v) is 14.1. The third-order valence-electron chi connectivity index (χ3n) is 21.1. The number of nitrogens with one attached hydrogen (secondary N) is 3. The number of likely N-dealkylation sites (tertiary alicyclic amines) is 1. The van der Waals surface area contributed by atoms with Crippen molar-refractivity contribution in [2.45, 2.75) is 258 Å². The molecule has 0 spiro atoms. The van der Waals surface area contributed by atoms with Gasteiger partial charge in [0.2, 0.25) is 23.6 Å². The van der Waals surface area contributed by atoms with Crippen molar-refractivity contribution in [3.05, 3.63) is 95.6 Å². The maximum atomic E-state index is 14.2. The quantitative estimate of drug-likeness (QED) is 0.0233. The largest absolute Gasteiger partial charge is 0.497 e. The van der Waals surface area contributed by atoms with Crippen LogP contribution in [0.4, 0.5) is 0 Å². The van der Waals surface area contributed by atoms with Crippen LogP contribution in [0.25, 0.3) is 0 Å². The molecule has 3 heterocycles. The Morgan fingerprint density at radius 1 is 0.545 bits per heavy atom. The summed E-state index contributed by atoms with van der Waals surface area (Å²) < 4.78 is 49.0. The highest BCUT2D eigenvalue weighted by Gasteiger charge is 2.44. The van der Waals surface area contributed by atoms with E-state index in [-0.39, 0.29) is 99.0 Å². The van der Waals surface area contributed by atoms with Crippen LogP contribution in [0.3, 0.4) is 0 Å². The van der Waals surface area contributed by atoms with Crippen LogP contribution in [0.1, 0.15) is 226 Å². The minimum absolute atomic E-state index is 0.0202. The van der Waals surface area contributed by atoms with Gasteiger partial charge in [0.05, 0.1) is 58.5 Å². The lowest BCUT2D eigenvalue weighted by Gasteiger charge is -2.43. The second-order valence-electron chi connectivity index (χ2n) is 28.0. The summed E-state index contributed by atoms with van der Waals surface area (Å²) in [5.74, 6) is 1.69. The Morgan fingerprint density at radius 2 is 1.04 bits per heavy atom. The third kappa shape index (κ3) is 25.8. The van der Waals surface area contributed by atoms with Crippen LogP contribution in [-0.2, 0) is 67.6 Å². The van der Waals surface area contributed by atoms with Crippen LogP contribution in [0.2, 0.25) is 0 Å². The number of ketones is 1. The molecule has 3 aromatic carbocycles. The van der Waals surface area contributed by atoms with Gasteiger partial charge in [0.25, 0.3) is 0 Å². The van der Waals surface area contributed by atoms with Gasteiger partial charge in [0.1, 0.15) is 35.0 Å². The molecule has 0 radical (unpaired) electrons. The molecule has 0 aromatic heterocycles. The van der Waals surface area contributed by atoms with E-state index in [2.05, 4.69) is 71.3 Å². The fraction of sp³-hybridized carbons (Fsp3) is 0.684. The van der Waals surface area contributed by atoms with Crippen LogP contribution >= 0.6 is 0 Å². The number of carboxylic acids is 1. The van der Waals surface area contributed by atoms with Gasteiger partial charge in [0.15, 0.2) is 12.6 Å². The smallest absolute Gasteiger partial charge is 0.306 e. The van der Waals surface area contributed by atoms with Crippen LogP contribution in [0.15, 0.2) is 78.9 Å². The normalized spacial score (nSPS) is 23.4. The van der Waals surface area contributed by atoms with Gasteiger partial charge < -0.3 is 63.9 Å². The zero-order chi connectivity index (χ0) is 71.7. The molecule has 552 valence electrons. The molecule has 3 fully saturated rings. The summed E-state index contributed by atoms with van der Waals surface area (Å²) in [6, 6.07) is 24.0. The number of carbonyl (C=O) groups is 7. The van der Waals surface area contributed by atoms with E-state index in [0.29, 0.717) is 157 Å². The maximum Gasteiger partial charge on any atom is 0.306 e. The zero-order valence-electron chi connectivity index (χ0n) is 61.2. The first-order chi connectivity index (χ1) is 47.7. The van der Waals surface area contributed by atoms with Crippen molar-refractivity contribution >= 4 is 41.4 Å². The summed E-state index contributed by atoms with van der Waals surface area (Å²) in [5, 5.41) is 18.3. The second kappa shape index (κ2) is 43.4. The van der Waals surface area contributed by atoms with Gasteiger partial charge >= 0.3 is 11.9 Å². The number of unbranched alkanes of at least 4 members (excludes halogenated alkanes) is 8. The molecule has 3 aliphatic rings. The maximum absolute atomic E-state index is 14.2. The number of carboxylic acid groups (broad SMARTS) is 1. The number of esters is 1. The van der Waals surface area contributed by atoms with Crippen molar-refractivity contribution in [3.8, 4) is 11.5 Å². The minimum Gasteiger partial charge on any atom is -0.497 e. The van der Waals surface area contributed by atoms with Gasteiger partial charge in [-0.05, 0) is 148 Å². The Kier molecular flexibility index (Phi) is 35.7. The topological polar surface area (TPSA) is 253 Å². The SMILES string of the molecule is CCC1OC(OCCCCC(=O)NCCCC[C@H](NC(=O)CCCCOC2OC(CC)C(C)C(C)C2C)C(=O)NCCCCCC(=O)CCCCCCC(=O)N2C[C@H](OC(=O)CCC(=O)O)C[C@H]2COC(c2ccccc2)(c2ccc(OC)cc2)c2ccc(OC)cc2)C(C)C(C)C1C. The van der Waals surface area contributed by atoms with Gasteiger partial charge in [-0.1, -0.05) is 129 Å². The summed E-state index contributed by atoms with van der Waals surface area (Å²) in [6.45, 7) is 19.8. The number of aliphatic carboxylic acids is 1. The molecular weight excluding hydrogens is 1260 g/mol. The molecule has 6 rings (SSSR count). The molecule has 20 heteroatoms.